The van der Waals surface area contributed by atoms with Gasteiger partial charge in [0.1, 0.15) is 0 Å². The lowest BCUT2D eigenvalue weighted by Crippen LogP contribution is -2.45. The molecule has 1 saturated heterocycles. The van der Waals surface area contributed by atoms with Crippen LogP contribution in [0, 0.1) is 17.3 Å². The maximum Gasteiger partial charge on any atom is 0.227 e. The second-order valence-electron chi connectivity index (χ2n) is 7.76. The Morgan fingerprint density at radius 3 is 2.62 bits per heavy atom. The van der Waals surface area contributed by atoms with Crippen molar-refractivity contribution in [1.29, 1.82) is 0 Å². The number of likely N-dealkylation sites (tertiary alicyclic amines) is 1. The molecule has 1 atom stereocenters. The molecule has 128 valence electrons. The predicted molar refractivity (Wildman–Crippen MR) is 90.0 cm³/mol. The zero-order chi connectivity index (χ0) is 16.6. The topological polar surface area (TPSA) is 62.3 Å². The molecule has 0 radical (unpaired) electrons. The van der Waals surface area contributed by atoms with Crippen LogP contribution in [0.3, 0.4) is 0 Å². The standard InChI is InChI=1S/C19H25N3O2/c23-17(10-14-4-8-20-9-5-14)22-12-16(19(13-22)6-1-7-19)18(24)21-11-15-2-3-15/h4-5,8-9,15-16H,1-3,6-7,10-13H2,(H,21,24). The number of aromatic nitrogens is 1. The summed E-state index contributed by atoms with van der Waals surface area (Å²) in [6, 6.07) is 3.76. The van der Waals surface area contributed by atoms with Crippen LogP contribution in [0.4, 0.5) is 0 Å². The van der Waals surface area contributed by atoms with Gasteiger partial charge in [-0.2, -0.15) is 0 Å². The minimum Gasteiger partial charge on any atom is -0.356 e. The van der Waals surface area contributed by atoms with E-state index in [0.717, 1.165) is 31.5 Å². The summed E-state index contributed by atoms with van der Waals surface area (Å²) in [5.41, 5.74) is 1.03. The summed E-state index contributed by atoms with van der Waals surface area (Å²) in [7, 11) is 0. The first kappa shape index (κ1) is 15.6. The number of hydrogen-bond acceptors (Lipinski definition) is 3. The molecule has 2 heterocycles. The van der Waals surface area contributed by atoms with Gasteiger partial charge >= 0.3 is 0 Å². The summed E-state index contributed by atoms with van der Waals surface area (Å²) in [4.78, 5) is 31.2. The third-order valence-corrected chi connectivity index (χ3v) is 6.03. The van der Waals surface area contributed by atoms with Crippen LogP contribution in [0.25, 0.3) is 0 Å². The van der Waals surface area contributed by atoms with E-state index < -0.39 is 0 Å². The van der Waals surface area contributed by atoms with Gasteiger partial charge in [-0.15, -0.1) is 0 Å². The third-order valence-electron chi connectivity index (χ3n) is 6.03. The van der Waals surface area contributed by atoms with Crippen LogP contribution in [0.1, 0.15) is 37.7 Å². The van der Waals surface area contributed by atoms with E-state index in [9.17, 15) is 9.59 Å². The fourth-order valence-electron chi connectivity index (χ4n) is 4.13. The fraction of sp³-hybridized carbons (Fsp3) is 0.632. The van der Waals surface area contributed by atoms with E-state index in [0.29, 0.717) is 18.9 Å². The van der Waals surface area contributed by atoms with Crippen molar-refractivity contribution in [2.45, 2.75) is 38.5 Å². The van der Waals surface area contributed by atoms with Gasteiger partial charge in [-0.05, 0) is 49.3 Å². The summed E-state index contributed by atoms with van der Waals surface area (Å²) in [6.07, 6.45) is 9.65. The van der Waals surface area contributed by atoms with E-state index in [1.807, 2.05) is 17.0 Å². The summed E-state index contributed by atoms with van der Waals surface area (Å²) in [5, 5.41) is 3.13. The maximum absolute atomic E-state index is 12.7. The first-order valence-electron chi connectivity index (χ1n) is 9.11. The SMILES string of the molecule is O=C(NCC1CC1)C1CN(C(=O)Cc2ccncc2)CC12CCC2. The lowest BCUT2D eigenvalue weighted by molar-refractivity contribution is -0.130. The summed E-state index contributed by atoms with van der Waals surface area (Å²) in [5.74, 6) is 0.967. The average molecular weight is 327 g/mol. The quantitative estimate of drug-likeness (QED) is 0.897. The summed E-state index contributed by atoms with van der Waals surface area (Å²) in [6.45, 7) is 2.15. The fourth-order valence-corrected chi connectivity index (χ4v) is 4.13. The molecule has 2 saturated carbocycles. The highest BCUT2D eigenvalue weighted by atomic mass is 16.2. The Morgan fingerprint density at radius 2 is 2.00 bits per heavy atom. The second kappa shape index (κ2) is 6.19. The van der Waals surface area contributed by atoms with Gasteiger partial charge in [-0.3, -0.25) is 14.6 Å². The Labute approximate surface area is 142 Å². The molecule has 3 aliphatic rings. The molecule has 1 spiro atoms. The van der Waals surface area contributed by atoms with Crippen LogP contribution in [-0.2, 0) is 16.0 Å². The number of amides is 2. The molecule has 1 unspecified atom stereocenters. The number of nitrogens with zero attached hydrogens (tertiary/aromatic N) is 2. The molecule has 1 aromatic heterocycles. The first-order valence-corrected chi connectivity index (χ1v) is 9.11. The molecule has 5 nitrogen and oxygen atoms in total. The average Bonchev–Trinajstić information content (AvgIpc) is 3.28. The molecule has 1 aromatic rings. The molecule has 4 rings (SSSR count). The number of rotatable bonds is 5. The van der Waals surface area contributed by atoms with Gasteiger partial charge < -0.3 is 10.2 Å². The van der Waals surface area contributed by atoms with E-state index in [2.05, 4.69) is 10.3 Å². The Hall–Kier alpha value is -1.91. The monoisotopic (exact) mass is 327 g/mol. The van der Waals surface area contributed by atoms with Crippen LogP contribution in [0.2, 0.25) is 0 Å². The Morgan fingerprint density at radius 1 is 1.25 bits per heavy atom. The van der Waals surface area contributed by atoms with Crippen molar-refractivity contribution in [1.82, 2.24) is 15.2 Å². The predicted octanol–water partition coefficient (Wildman–Crippen LogP) is 1.78. The largest absolute Gasteiger partial charge is 0.356 e. The number of pyridine rings is 1. The number of carbonyl (C=O) groups excluding carboxylic acids is 2. The molecule has 2 amide bonds. The smallest absolute Gasteiger partial charge is 0.227 e. The van der Waals surface area contributed by atoms with Gasteiger partial charge in [0, 0.05) is 37.4 Å². The van der Waals surface area contributed by atoms with Gasteiger partial charge in [0.05, 0.1) is 12.3 Å². The van der Waals surface area contributed by atoms with E-state index in [1.54, 1.807) is 12.4 Å². The Balaban J connectivity index is 1.40. The van der Waals surface area contributed by atoms with E-state index >= 15 is 0 Å². The van der Waals surface area contributed by atoms with Gasteiger partial charge in [-0.25, -0.2) is 0 Å². The number of hydrogen-bond donors (Lipinski definition) is 1. The Bertz CT molecular complexity index is 623. The van der Waals surface area contributed by atoms with Crippen LogP contribution in [0.15, 0.2) is 24.5 Å². The first-order chi connectivity index (χ1) is 11.7. The molecule has 24 heavy (non-hydrogen) atoms. The van der Waals surface area contributed by atoms with Gasteiger partial charge in [-0.1, -0.05) is 6.42 Å². The third kappa shape index (κ3) is 3.04. The van der Waals surface area contributed by atoms with Gasteiger partial charge in [0.15, 0.2) is 0 Å². The molecule has 2 aliphatic carbocycles. The zero-order valence-corrected chi connectivity index (χ0v) is 14.0. The van der Waals surface area contributed by atoms with Crippen molar-refractivity contribution in [3.05, 3.63) is 30.1 Å². The van der Waals surface area contributed by atoms with Crippen LogP contribution >= 0.6 is 0 Å². The zero-order valence-electron chi connectivity index (χ0n) is 14.0. The molecule has 1 N–H and O–H groups in total. The second-order valence-corrected chi connectivity index (χ2v) is 7.76. The molecule has 1 aliphatic heterocycles. The van der Waals surface area contributed by atoms with Crippen LogP contribution in [0.5, 0.6) is 0 Å². The van der Waals surface area contributed by atoms with E-state index in [1.165, 1.54) is 19.3 Å². The molecule has 0 bridgehead atoms. The summed E-state index contributed by atoms with van der Waals surface area (Å²) < 4.78 is 0. The lowest BCUT2D eigenvalue weighted by Gasteiger charge is -2.41. The van der Waals surface area contributed by atoms with Crippen molar-refractivity contribution in [3.63, 3.8) is 0 Å². The highest BCUT2D eigenvalue weighted by Crippen LogP contribution is 2.51. The minimum absolute atomic E-state index is 0.0219. The molecular weight excluding hydrogens is 302 g/mol. The van der Waals surface area contributed by atoms with Crippen molar-refractivity contribution in [2.24, 2.45) is 17.3 Å². The van der Waals surface area contributed by atoms with E-state index in [-0.39, 0.29) is 23.1 Å². The van der Waals surface area contributed by atoms with Crippen LogP contribution < -0.4 is 5.32 Å². The molecule has 5 heteroatoms. The van der Waals surface area contributed by atoms with Crippen molar-refractivity contribution >= 4 is 11.8 Å². The van der Waals surface area contributed by atoms with Gasteiger partial charge in [0.2, 0.25) is 11.8 Å². The maximum atomic E-state index is 12.7. The lowest BCUT2D eigenvalue weighted by atomic mass is 9.62. The molecular formula is C19H25N3O2. The van der Waals surface area contributed by atoms with Crippen molar-refractivity contribution in [2.75, 3.05) is 19.6 Å². The number of nitrogens with one attached hydrogen (secondary N) is 1. The van der Waals surface area contributed by atoms with Crippen LogP contribution in [-0.4, -0.2) is 41.3 Å². The highest BCUT2D eigenvalue weighted by molar-refractivity contribution is 5.84. The Kier molecular flexibility index (Phi) is 4.02. The molecule has 3 fully saturated rings. The van der Waals surface area contributed by atoms with Gasteiger partial charge in [0.25, 0.3) is 0 Å². The number of carbonyl (C=O) groups is 2. The van der Waals surface area contributed by atoms with Crippen molar-refractivity contribution in [3.8, 4) is 0 Å². The normalized spacial score (nSPS) is 24.7. The highest BCUT2D eigenvalue weighted by Gasteiger charge is 2.54. The summed E-state index contributed by atoms with van der Waals surface area (Å²) >= 11 is 0. The molecule has 0 aromatic carbocycles. The minimum atomic E-state index is -0.0219. The van der Waals surface area contributed by atoms with E-state index in [4.69, 9.17) is 0 Å². The van der Waals surface area contributed by atoms with Crippen molar-refractivity contribution < 1.29 is 9.59 Å².